The summed E-state index contributed by atoms with van der Waals surface area (Å²) in [6.07, 6.45) is 3.94. The van der Waals surface area contributed by atoms with Crippen LogP contribution in [0, 0.1) is 0 Å². The molecular weight excluding hydrogens is 300 g/mol. The van der Waals surface area contributed by atoms with E-state index in [2.05, 4.69) is 16.0 Å². The van der Waals surface area contributed by atoms with Crippen LogP contribution in [0.1, 0.15) is 34.7 Å². The van der Waals surface area contributed by atoms with Crippen molar-refractivity contribution in [1.82, 2.24) is 9.97 Å². The van der Waals surface area contributed by atoms with Gasteiger partial charge < -0.3 is 10.1 Å². The molecule has 3 aromatic rings. The Balaban J connectivity index is 1.88. The molecule has 0 aliphatic heterocycles. The van der Waals surface area contributed by atoms with Crippen LogP contribution in [0.5, 0.6) is 0 Å². The van der Waals surface area contributed by atoms with Crippen molar-refractivity contribution in [3.05, 3.63) is 52.8 Å². The Morgan fingerprint density at radius 2 is 2.09 bits per heavy atom. The molecule has 0 bridgehead atoms. The summed E-state index contributed by atoms with van der Waals surface area (Å²) in [4.78, 5) is 18.5. The van der Waals surface area contributed by atoms with E-state index in [0.717, 1.165) is 11.1 Å². The zero-order valence-electron chi connectivity index (χ0n) is 11.6. The highest BCUT2D eigenvalue weighted by atomic mass is 35.5. The second-order valence-electron chi connectivity index (χ2n) is 5.64. The molecule has 2 N–H and O–H groups in total. The van der Waals surface area contributed by atoms with Crippen LogP contribution in [-0.4, -0.2) is 21.0 Å². The largest absolute Gasteiger partial charge is 0.478 e. The number of carboxylic acids is 1. The van der Waals surface area contributed by atoms with Gasteiger partial charge in [0, 0.05) is 10.6 Å². The number of nitrogens with zero attached hydrogens (tertiary/aromatic N) is 1. The number of nitrogens with one attached hydrogen (secondary N) is 1. The molecule has 22 heavy (non-hydrogen) atoms. The number of fused-ring (bicyclic) bond motifs is 1. The Morgan fingerprint density at radius 3 is 2.77 bits per heavy atom. The Morgan fingerprint density at radius 1 is 1.27 bits per heavy atom. The molecule has 2 aromatic carbocycles. The van der Waals surface area contributed by atoms with Crippen molar-refractivity contribution >= 4 is 28.6 Å². The van der Waals surface area contributed by atoms with Crippen LogP contribution in [0.15, 0.2) is 36.7 Å². The van der Waals surface area contributed by atoms with Crippen LogP contribution in [0.2, 0.25) is 5.02 Å². The van der Waals surface area contributed by atoms with Crippen molar-refractivity contribution < 1.29 is 9.90 Å². The lowest BCUT2D eigenvalue weighted by Gasteiger charge is -2.08. The van der Waals surface area contributed by atoms with E-state index in [1.165, 1.54) is 24.7 Å². The molecular formula is C17H13ClN2O2. The number of benzene rings is 2. The maximum absolute atomic E-state index is 11.4. The summed E-state index contributed by atoms with van der Waals surface area (Å²) in [5.74, 6) is -0.360. The number of aromatic nitrogens is 2. The summed E-state index contributed by atoms with van der Waals surface area (Å²) in [5, 5.41) is 10.0. The average Bonchev–Trinajstić information content (AvgIpc) is 3.24. The van der Waals surface area contributed by atoms with Crippen molar-refractivity contribution in [3.63, 3.8) is 0 Å². The zero-order valence-corrected chi connectivity index (χ0v) is 12.4. The number of halogens is 1. The summed E-state index contributed by atoms with van der Waals surface area (Å²) in [6, 6.07) is 9.55. The van der Waals surface area contributed by atoms with Gasteiger partial charge in [-0.2, -0.15) is 0 Å². The Bertz CT molecular complexity index is 897. The fraction of sp³-hybridized carbons (Fsp3) is 0.176. The number of H-pyrrole nitrogens is 1. The minimum atomic E-state index is -0.996. The lowest BCUT2D eigenvalue weighted by atomic mass is 9.99. The van der Waals surface area contributed by atoms with Gasteiger partial charge in [-0.15, -0.1) is 0 Å². The highest BCUT2D eigenvalue weighted by molar-refractivity contribution is 6.33. The van der Waals surface area contributed by atoms with Crippen molar-refractivity contribution in [3.8, 4) is 11.1 Å². The van der Waals surface area contributed by atoms with Crippen LogP contribution in [0.4, 0.5) is 0 Å². The number of carboxylic acid groups (broad SMARTS) is 1. The molecule has 1 heterocycles. The molecule has 4 nitrogen and oxygen atoms in total. The third-order valence-corrected chi connectivity index (χ3v) is 4.42. The lowest BCUT2D eigenvalue weighted by molar-refractivity contribution is 0.0699. The van der Waals surface area contributed by atoms with E-state index in [0.29, 0.717) is 22.0 Å². The fourth-order valence-electron chi connectivity index (χ4n) is 2.80. The lowest BCUT2D eigenvalue weighted by Crippen LogP contribution is -1.98. The van der Waals surface area contributed by atoms with Crippen molar-refractivity contribution in [2.45, 2.75) is 18.8 Å². The van der Waals surface area contributed by atoms with Crippen molar-refractivity contribution in [1.29, 1.82) is 0 Å². The molecule has 0 radical (unpaired) electrons. The van der Waals surface area contributed by atoms with Crippen molar-refractivity contribution in [2.75, 3.05) is 0 Å². The first kappa shape index (κ1) is 13.3. The first-order chi connectivity index (χ1) is 10.6. The van der Waals surface area contributed by atoms with Gasteiger partial charge in [-0.05, 0) is 48.1 Å². The van der Waals surface area contributed by atoms with Crippen molar-refractivity contribution in [2.24, 2.45) is 0 Å². The highest BCUT2D eigenvalue weighted by Gasteiger charge is 2.24. The van der Waals surface area contributed by atoms with E-state index in [-0.39, 0.29) is 5.56 Å². The predicted molar refractivity (Wildman–Crippen MR) is 85.5 cm³/mol. The molecule has 1 aliphatic carbocycles. The number of aromatic carboxylic acids is 1. The van der Waals surface area contributed by atoms with Gasteiger partial charge in [-0.25, -0.2) is 9.78 Å². The molecule has 110 valence electrons. The third kappa shape index (κ3) is 2.16. The van der Waals surface area contributed by atoms with E-state index < -0.39 is 5.97 Å². The van der Waals surface area contributed by atoms with E-state index in [9.17, 15) is 9.90 Å². The fourth-order valence-corrected chi connectivity index (χ4v) is 3.10. The van der Waals surface area contributed by atoms with Gasteiger partial charge in [0.25, 0.3) is 0 Å². The van der Waals surface area contributed by atoms with Gasteiger partial charge in [0.15, 0.2) is 0 Å². The topological polar surface area (TPSA) is 66.0 Å². The number of carbonyl (C=O) groups is 1. The minimum Gasteiger partial charge on any atom is -0.478 e. The Labute approximate surface area is 131 Å². The number of aromatic amines is 1. The maximum atomic E-state index is 11.4. The van der Waals surface area contributed by atoms with Gasteiger partial charge in [0.2, 0.25) is 0 Å². The second-order valence-corrected chi connectivity index (χ2v) is 6.05. The van der Waals surface area contributed by atoms with Crippen LogP contribution in [-0.2, 0) is 0 Å². The monoisotopic (exact) mass is 312 g/mol. The van der Waals surface area contributed by atoms with Gasteiger partial charge >= 0.3 is 5.97 Å². The molecule has 0 spiro atoms. The Hall–Kier alpha value is -2.33. The van der Waals surface area contributed by atoms with Gasteiger partial charge in [0.1, 0.15) is 5.52 Å². The number of hydrogen-bond acceptors (Lipinski definition) is 2. The van der Waals surface area contributed by atoms with E-state index >= 15 is 0 Å². The molecule has 0 amide bonds. The van der Waals surface area contributed by atoms with Crippen LogP contribution < -0.4 is 0 Å². The minimum absolute atomic E-state index is 0.177. The molecule has 0 atom stereocenters. The summed E-state index contributed by atoms with van der Waals surface area (Å²) < 4.78 is 0. The molecule has 1 saturated carbocycles. The first-order valence-electron chi connectivity index (χ1n) is 7.14. The molecule has 1 aromatic heterocycles. The first-order valence-corrected chi connectivity index (χ1v) is 7.51. The molecule has 1 aliphatic rings. The molecule has 5 heteroatoms. The normalized spacial score (nSPS) is 14.4. The zero-order chi connectivity index (χ0) is 15.3. The number of hydrogen-bond donors (Lipinski definition) is 2. The smallest absolute Gasteiger partial charge is 0.337 e. The standard InChI is InChI=1S/C17H13ClN2O2/c18-14-6-10(9-1-2-9)3-4-12(14)11-5-13(17(21)22)16-15(7-11)19-8-20-16/h3-9H,1-2H2,(H,19,20)(H,21,22). The van der Waals surface area contributed by atoms with Gasteiger partial charge in [-0.3, -0.25) is 0 Å². The van der Waals surface area contributed by atoms with Crippen LogP contribution in [0.3, 0.4) is 0 Å². The third-order valence-electron chi connectivity index (χ3n) is 4.11. The molecule has 4 rings (SSSR count). The summed E-state index contributed by atoms with van der Waals surface area (Å²) in [7, 11) is 0. The SMILES string of the molecule is O=C(O)c1cc(-c2ccc(C3CC3)cc2Cl)cc2[nH]cnc12. The number of imidazole rings is 1. The maximum Gasteiger partial charge on any atom is 0.337 e. The molecule has 0 saturated heterocycles. The quantitative estimate of drug-likeness (QED) is 0.750. The summed E-state index contributed by atoms with van der Waals surface area (Å²) >= 11 is 6.42. The van der Waals surface area contributed by atoms with E-state index in [4.69, 9.17) is 11.6 Å². The van der Waals surface area contributed by atoms with Crippen LogP contribution in [0.25, 0.3) is 22.2 Å². The Kier molecular flexibility index (Phi) is 2.94. The average molecular weight is 313 g/mol. The predicted octanol–water partition coefficient (Wildman–Crippen LogP) is 4.46. The van der Waals surface area contributed by atoms with Crippen LogP contribution >= 0.6 is 11.6 Å². The molecule has 0 unspecified atom stereocenters. The van der Waals surface area contributed by atoms with E-state index in [1.54, 1.807) is 6.07 Å². The molecule has 1 fully saturated rings. The summed E-state index contributed by atoms with van der Waals surface area (Å²) in [6.45, 7) is 0. The van der Waals surface area contributed by atoms with E-state index in [1.807, 2.05) is 18.2 Å². The second kappa shape index (κ2) is 4.85. The highest BCUT2D eigenvalue weighted by Crippen LogP contribution is 2.42. The van der Waals surface area contributed by atoms with Gasteiger partial charge in [0.05, 0.1) is 17.4 Å². The summed E-state index contributed by atoms with van der Waals surface area (Å²) in [5.41, 5.74) is 4.21. The number of rotatable bonds is 3. The van der Waals surface area contributed by atoms with Gasteiger partial charge in [-0.1, -0.05) is 23.7 Å².